The molecule has 2 N–H and O–H groups in total. The SMILES string of the molecule is CCC(NCc1nc[nH]c1C)c1nccs1. The van der Waals surface area contributed by atoms with Gasteiger partial charge in [0.05, 0.1) is 18.1 Å². The number of rotatable bonds is 5. The molecule has 0 saturated carbocycles. The fourth-order valence-corrected chi connectivity index (χ4v) is 2.40. The predicted octanol–water partition coefficient (Wildman–Crippen LogP) is 2.42. The van der Waals surface area contributed by atoms with Crippen LogP contribution >= 0.6 is 11.3 Å². The molecule has 0 amide bonds. The highest BCUT2D eigenvalue weighted by Gasteiger charge is 2.12. The Balaban J connectivity index is 1.96. The second kappa shape index (κ2) is 5.23. The van der Waals surface area contributed by atoms with Crippen molar-refractivity contribution in [3.63, 3.8) is 0 Å². The van der Waals surface area contributed by atoms with E-state index in [0.29, 0.717) is 6.04 Å². The molecule has 0 aliphatic heterocycles. The number of H-pyrrole nitrogens is 1. The maximum atomic E-state index is 4.34. The van der Waals surface area contributed by atoms with E-state index in [-0.39, 0.29) is 0 Å². The minimum Gasteiger partial charge on any atom is -0.348 e. The highest BCUT2D eigenvalue weighted by molar-refractivity contribution is 7.09. The topological polar surface area (TPSA) is 53.6 Å². The van der Waals surface area contributed by atoms with E-state index in [1.807, 2.05) is 18.5 Å². The first-order chi connectivity index (χ1) is 7.81. The Kier molecular flexibility index (Phi) is 3.69. The summed E-state index contributed by atoms with van der Waals surface area (Å²) in [7, 11) is 0. The highest BCUT2D eigenvalue weighted by atomic mass is 32.1. The van der Waals surface area contributed by atoms with Crippen LogP contribution in [0.1, 0.15) is 35.8 Å². The lowest BCUT2D eigenvalue weighted by Crippen LogP contribution is -2.20. The van der Waals surface area contributed by atoms with Gasteiger partial charge in [-0.3, -0.25) is 0 Å². The summed E-state index contributed by atoms with van der Waals surface area (Å²) in [5, 5.41) is 6.64. The molecule has 16 heavy (non-hydrogen) atoms. The lowest BCUT2D eigenvalue weighted by molar-refractivity contribution is 0.512. The van der Waals surface area contributed by atoms with Gasteiger partial charge in [0.25, 0.3) is 0 Å². The Labute approximate surface area is 99.2 Å². The number of aromatic amines is 1. The van der Waals surface area contributed by atoms with E-state index in [9.17, 15) is 0 Å². The van der Waals surface area contributed by atoms with Crippen molar-refractivity contribution in [2.45, 2.75) is 32.9 Å². The standard InChI is InChI=1S/C11H16N4S/c1-3-9(11-12-4-5-16-11)13-6-10-8(2)14-7-15-10/h4-5,7,9,13H,3,6H2,1-2H3,(H,14,15). The first kappa shape index (κ1) is 11.3. The Bertz CT molecular complexity index is 421. The molecule has 0 aromatic carbocycles. The minimum absolute atomic E-state index is 0.330. The van der Waals surface area contributed by atoms with Crippen molar-refractivity contribution >= 4 is 11.3 Å². The van der Waals surface area contributed by atoms with Crippen molar-refractivity contribution in [2.24, 2.45) is 0 Å². The normalized spacial score (nSPS) is 12.9. The molecule has 0 fully saturated rings. The van der Waals surface area contributed by atoms with E-state index >= 15 is 0 Å². The fraction of sp³-hybridized carbons (Fsp3) is 0.455. The van der Waals surface area contributed by atoms with Crippen molar-refractivity contribution in [3.05, 3.63) is 34.3 Å². The number of imidazole rings is 1. The molecule has 1 unspecified atom stereocenters. The van der Waals surface area contributed by atoms with Gasteiger partial charge in [0, 0.05) is 23.8 Å². The van der Waals surface area contributed by atoms with Gasteiger partial charge < -0.3 is 10.3 Å². The van der Waals surface area contributed by atoms with Crippen LogP contribution in [-0.4, -0.2) is 15.0 Å². The number of aryl methyl sites for hydroxylation is 1. The van der Waals surface area contributed by atoms with E-state index < -0.39 is 0 Å². The number of nitrogens with one attached hydrogen (secondary N) is 2. The fourth-order valence-electron chi connectivity index (χ4n) is 1.60. The van der Waals surface area contributed by atoms with Crippen LogP contribution in [0.5, 0.6) is 0 Å². The number of aromatic nitrogens is 3. The average molecular weight is 236 g/mol. The summed E-state index contributed by atoms with van der Waals surface area (Å²) in [6.45, 7) is 4.98. The first-order valence-corrected chi connectivity index (χ1v) is 6.30. The summed E-state index contributed by atoms with van der Waals surface area (Å²) in [5.41, 5.74) is 2.21. The zero-order valence-electron chi connectivity index (χ0n) is 9.53. The van der Waals surface area contributed by atoms with Gasteiger partial charge in [0.1, 0.15) is 5.01 Å². The van der Waals surface area contributed by atoms with Crippen molar-refractivity contribution < 1.29 is 0 Å². The van der Waals surface area contributed by atoms with E-state index in [1.165, 1.54) is 0 Å². The Morgan fingerprint density at radius 2 is 2.38 bits per heavy atom. The highest BCUT2D eigenvalue weighted by Crippen LogP contribution is 2.19. The van der Waals surface area contributed by atoms with E-state index in [0.717, 1.165) is 29.4 Å². The van der Waals surface area contributed by atoms with Gasteiger partial charge in [-0.1, -0.05) is 6.92 Å². The number of nitrogens with zero attached hydrogens (tertiary/aromatic N) is 2. The molecule has 0 saturated heterocycles. The van der Waals surface area contributed by atoms with E-state index in [2.05, 4.69) is 27.2 Å². The molecule has 86 valence electrons. The van der Waals surface area contributed by atoms with Gasteiger partial charge in [0.15, 0.2) is 0 Å². The molecular weight excluding hydrogens is 220 g/mol. The van der Waals surface area contributed by atoms with E-state index in [4.69, 9.17) is 0 Å². The van der Waals surface area contributed by atoms with Gasteiger partial charge in [0.2, 0.25) is 0 Å². The Hall–Kier alpha value is -1.20. The zero-order valence-corrected chi connectivity index (χ0v) is 10.3. The van der Waals surface area contributed by atoms with Crippen LogP contribution in [-0.2, 0) is 6.54 Å². The van der Waals surface area contributed by atoms with Gasteiger partial charge in [-0.25, -0.2) is 9.97 Å². The maximum absolute atomic E-state index is 4.34. The van der Waals surface area contributed by atoms with Crippen molar-refractivity contribution in [1.82, 2.24) is 20.3 Å². The largest absolute Gasteiger partial charge is 0.348 e. The summed E-state index contributed by atoms with van der Waals surface area (Å²) >= 11 is 1.70. The summed E-state index contributed by atoms with van der Waals surface area (Å²) in [6.07, 6.45) is 4.62. The van der Waals surface area contributed by atoms with E-state index in [1.54, 1.807) is 17.7 Å². The number of hydrogen-bond acceptors (Lipinski definition) is 4. The summed E-state index contributed by atoms with van der Waals surface area (Å²) in [5.74, 6) is 0. The summed E-state index contributed by atoms with van der Waals surface area (Å²) in [6, 6.07) is 0.330. The van der Waals surface area contributed by atoms with Crippen molar-refractivity contribution in [3.8, 4) is 0 Å². The lowest BCUT2D eigenvalue weighted by Gasteiger charge is -2.13. The third kappa shape index (κ3) is 2.48. The smallest absolute Gasteiger partial charge is 0.109 e. The predicted molar refractivity (Wildman–Crippen MR) is 65.3 cm³/mol. The second-order valence-electron chi connectivity index (χ2n) is 3.69. The van der Waals surface area contributed by atoms with Crippen LogP contribution in [0.2, 0.25) is 0 Å². The molecule has 5 heteroatoms. The molecule has 2 rings (SSSR count). The van der Waals surface area contributed by atoms with Crippen LogP contribution in [0.3, 0.4) is 0 Å². The van der Waals surface area contributed by atoms with Crippen LogP contribution in [0, 0.1) is 6.92 Å². The molecule has 0 aliphatic carbocycles. The van der Waals surface area contributed by atoms with Gasteiger partial charge >= 0.3 is 0 Å². The summed E-state index contributed by atoms with van der Waals surface area (Å²) < 4.78 is 0. The van der Waals surface area contributed by atoms with Crippen LogP contribution in [0.15, 0.2) is 17.9 Å². The zero-order chi connectivity index (χ0) is 11.4. The molecule has 0 spiro atoms. The first-order valence-electron chi connectivity index (χ1n) is 5.43. The van der Waals surface area contributed by atoms with Crippen molar-refractivity contribution in [1.29, 1.82) is 0 Å². The second-order valence-corrected chi connectivity index (χ2v) is 4.61. The quantitative estimate of drug-likeness (QED) is 0.838. The third-order valence-corrected chi connectivity index (χ3v) is 3.50. The minimum atomic E-state index is 0.330. The average Bonchev–Trinajstić information content (AvgIpc) is 2.92. The molecule has 2 aromatic rings. The van der Waals surface area contributed by atoms with Crippen LogP contribution in [0.25, 0.3) is 0 Å². The van der Waals surface area contributed by atoms with Gasteiger partial charge in [-0.15, -0.1) is 11.3 Å². The monoisotopic (exact) mass is 236 g/mol. The molecular formula is C11H16N4S. The Morgan fingerprint density at radius 3 is 2.94 bits per heavy atom. The maximum Gasteiger partial charge on any atom is 0.109 e. The molecule has 2 heterocycles. The van der Waals surface area contributed by atoms with Gasteiger partial charge in [-0.2, -0.15) is 0 Å². The van der Waals surface area contributed by atoms with Crippen molar-refractivity contribution in [2.75, 3.05) is 0 Å². The summed E-state index contributed by atoms with van der Waals surface area (Å²) in [4.78, 5) is 11.7. The molecule has 1 atom stereocenters. The van der Waals surface area contributed by atoms with Gasteiger partial charge in [-0.05, 0) is 13.3 Å². The number of thiazole rings is 1. The molecule has 0 aliphatic rings. The Morgan fingerprint density at radius 1 is 1.50 bits per heavy atom. The number of hydrogen-bond donors (Lipinski definition) is 2. The molecule has 2 aromatic heterocycles. The molecule has 0 bridgehead atoms. The molecule has 4 nitrogen and oxygen atoms in total. The molecule has 0 radical (unpaired) electrons. The lowest BCUT2D eigenvalue weighted by atomic mass is 10.2. The van der Waals surface area contributed by atoms with Crippen LogP contribution in [0.4, 0.5) is 0 Å². The van der Waals surface area contributed by atoms with Crippen LogP contribution < -0.4 is 5.32 Å². The third-order valence-electron chi connectivity index (χ3n) is 2.61.